The molecule has 2 N–H and O–H groups in total. The Labute approximate surface area is 172 Å². The summed E-state index contributed by atoms with van der Waals surface area (Å²) in [4.78, 5) is 7.73. The molecular weight excluding hydrogens is 360 g/mol. The highest BCUT2D eigenvalue weighted by atomic mass is 16.3. The fourth-order valence-corrected chi connectivity index (χ4v) is 4.13. The van der Waals surface area contributed by atoms with Crippen molar-refractivity contribution in [2.24, 2.45) is 0 Å². The second kappa shape index (κ2) is 8.82. The first kappa shape index (κ1) is 19.7. The molecular formula is C24H30N4O. The van der Waals surface area contributed by atoms with E-state index in [4.69, 9.17) is 5.11 Å². The zero-order valence-electron chi connectivity index (χ0n) is 17.3. The van der Waals surface area contributed by atoms with Crippen LogP contribution in [-0.4, -0.2) is 58.2 Å². The van der Waals surface area contributed by atoms with Crippen LogP contribution in [0.3, 0.4) is 0 Å². The van der Waals surface area contributed by atoms with E-state index in [2.05, 4.69) is 81.1 Å². The molecule has 29 heavy (non-hydrogen) atoms. The van der Waals surface area contributed by atoms with E-state index >= 15 is 0 Å². The number of likely N-dealkylation sites (N-methyl/N-ethyl adjacent to an activating group) is 2. The van der Waals surface area contributed by atoms with Gasteiger partial charge in [-0.1, -0.05) is 36.4 Å². The van der Waals surface area contributed by atoms with Crippen molar-refractivity contribution in [3.63, 3.8) is 0 Å². The molecule has 0 saturated heterocycles. The Morgan fingerprint density at radius 1 is 1.03 bits per heavy atom. The fraction of sp³-hybridized carbons (Fsp3) is 0.333. The first-order valence-electron chi connectivity index (χ1n) is 10.3. The van der Waals surface area contributed by atoms with Crippen molar-refractivity contribution < 1.29 is 5.11 Å². The van der Waals surface area contributed by atoms with Gasteiger partial charge in [-0.3, -0.25) is 4.90 Å². The number of nitrogens with one attached hydrogen (secondary N) is 1. The third-order valence-electron chi connectivity index (χ3n) is 5.63. The lowest BCUT2D eigenvalue weighted by molar-refractivity contribution is 0.217. The van der Waals surface area contributed by atoms with Gasteiger partial charge in [-0.25, -0.2) is 0 Å². The summed E-state index contributed by atoms with van der Waals surface area (Å²) in [5.41, 5.74) is 5.35. The summed E-state index contributed by atoms with van der Waals surface area (Å²) in [6.07, 6.45) is 4.16. The van der Waals surface area contributed by atoms with Crippen LogP contribution >= 0.6 is 0 Å². The number of rotatable bonds is 4. The van der Waals surface area contributed by atoms with E-state index in [0.29, 0.717) is 6.54 Å². The van der Waals surface area contributed by atoms with Gasteiger partial charge in [0.05, 0.1) is 12.1 Å². The molecule has 0 atom stereocenters. The highest BCUT2D eigenvalue weighted by Gasteiger charge is 2.12. The third kappa shape index (κ3) is 4.37. The molecule has 2 aromatic heterocycles. The largest absolute Gasteiger partial charge is 0.395 e. The van der Waals surface area contributed by atoms with Crippen molar-refractivity contribution in [2.75, 3.05) is 33.8 Å². The molecule has 0 saturated carbocycles. The normalized spacial score (nSPS) is 14.2. The van der Waals surface area contributed by atoms with Crippen LogP contribution in [0.5, 0.6) is 0 Å². The molecule has 3 heterocycles. The molecule has 0 bridgehead atoms. The van der Waals surface area contributed by atoms with Gasteiger partial charge in [0.1, 0.15) is 0 Å². The number of nitrogens with zero attached hydrogens (tertiary/aromatic N) is 3. The van der Waals surface area contributed by atoms with Gasteiger partial charge in [0.15, 0.2) is 0 Å². The Hall–Kier alpha value is -2.60. The maximum atomic E-state index is 8.84. The van der Waals surface area contributed by atoms with Crippen molar-refractivity contribution in [3.8, 4) is 0 Å². The van der Waals surface area contributed by atoms with Gasteiger partial charge in [-0.15, -0.1) is 0 Å². The average Bonchev–Trinajstić information content (AvgIpc) is 3.31. The topological polar surface area (TPSA) is 47.4 Å². The summed E-state index contributed by atoms with van der Waals surface area (Å²) in [6.45, 7) is 5.09. The molecule has 2 aromatic carbocycles. The maximum absolute atomic E-state index is 8.84. The molecule has 152 valence electrons. The molecule has 0 fully saturated rings. The Bertz CT molecular complexity index is 1080. The van der Waals surface area contributed by atoms with Crippen molar-refractivity contribution in [1.82, 2.24) is 19.4 Å². The number of aliphatic hydroxyl groups is 1. The number of benzene rings is 2. The Kier molecular flexibility index (Phi) is 6.00. The lowest BCUT2D eigenvalue weighted by Gasteiger charge is -2.15. The van der Waals surface area contributed by atoms with Crippen LogP contribution in [0.4, 0.5) is 0 Å². The van der Waals surface area contributed by atoms with Gasteiger partial charge in [0, 0.05) is 50.6 Å². The smallest absolute Gasteiger partial charge is 0.0558 e. The van der Waals surface area contributed by atoms with Crippen molar-refractivity contribution in [1.29, 1.82) is 0 Å². The van der Waals surface area contributed by atoms with Gasteiger partial charge in [0.2, 0.25) is 0 Å². The van der Waals surface area contributed by atoms with E-state index in [1.54, 1.807) is 0 Å². The summed E-state index contributed by atoms with van der Waals surface area (Å²) < 4.78 is 2.37. The molecule has 4 aromatic rings. The molecule has 5 heteroatoms. The van der Waals surface area contributed by atoms with E-state index in [1.165, 1.54) is 32.9 Å². The number of H-pyrrole nitrogens is 1. The zero-order chi connectivity index (χ0) is 20.2. The number of hydrogen-bond donors (Lipinski definition) is 2. The molecule has 1 aliphatic rings. The second-order valence-corrected chi connectivity index (χ2v) is 7.92. The third-order valence-corrected chi connectivity index (χ3v) is 5.63. The molecule has 0 amide bonds. The Morgan fingerprint density at radius 3 is 2.72 bits per heavy atom. The van der Waals surface area contributed by atoms with E-state index in [1.807, 2.05) is 13.2 Å². The average molecular weight is 391 g/mol. The van der Waals surface area contributed by atoms with Crippen molar-refractivity contribution in [3.05, 3.63) is 72.1 Å². The minimum absolute atomic E-state index is 0.206. The lowest BCUT2D eigenvalue weighted by Crippen LogP contribution is -2.21. The monoisotopic (exact) mass is 390 g/mol. The minimum atomic E-state index is 0.206. The summed E-state index contributed by atoms with van der Waals surface area (Å²) in [5.74, 6) is 0. The van der Waals surface area contributed by atoms with Crippen LogP contribution in [-0.2, 0) is 19.6 Å². The number of fused-ring (bicyclic) bond motifs is 1. The molecule has 0 radical (unpaired) electrons. The molecule has 0 aliphatic carbocycles. The molecule has 0 unspecified atom stereocenters. The standard InChI is InChI=1S/C12H16N2O.C12H14N2/c1-14(7-8-15)9-11-4-2-3-10-5-6-13-12(10)11;1-13-7-8-14-6-5-10-3-2-4-11(9-13)12(10)14/h2-6,13,15H,7-9H2,1H3;2-6H,7-9H2,1H3. The molecule has 5 nitrogen and oxygen atoms in total. The predicted octanol–water partition coefficient (Wildman–Crippen LogP) is 3.68. The van der Waals surface area contributed by atoms with Crippen LogP contribution in [0.1, 0.15) is 11.1 Å². The van der Waals surface area contributed by atoms with Crippen LogP contribution < -0.4 is 0 Å². The number of para-hydroxylation sites is 2. The highest BCUT2D eigenvalue weighted by molar-refractivity contribution is 5.83. The van der Waals surface area contributed by atoms with Crippen molar-refractivity contribution in [2.45, 2.75) is 19.6 Å². The van der Waals surface area contributed by atoms with Gasteiger partial charge in [-0.05, 0) is 48.1 Å². The van der Waals surface area contributed by atoms with E-state index in [0.717, 1.165) is 26.2 Å². The van der Waals surface area contributed by atoms with Crippen LogP contribution in [0.2, 0.25) is 0 Å². The van der Waals surface area contributed by atoms with Crippen LogP contribution in [0.15, 0.2) is 60.9 Å². The van der Waals surface area contributed by atoms with Gasteiger partial charge < -0.3 is 19.6 Å². The van der Waals surface area contributed by atoms with E-state index in [-0.39, 0.29) is 6.61 Å². The van der Waals surface area contributed by atoms with Gasteiger partial charge in [0.25, 0.3) is 0 Å². The molecule has 0 spiro atoms. The quantitative estimate of drug-likeness (QED) is 0.559. The first-order chi connectivity index (χ1) is 14.2. The van der Waals surface area contributed by atoms with Crippen LogP contribution in [0.25, 0.3) is 21.8 Å². The van der Waals surface area contributed by atoms with Gasteiger partial charge in [-0.2, -0.15) is 0 Å². The summed E-state index contributed by atoms with van der Waals surface area (Å²) >= 11 is 0. The minimum Gasteiger partial charge on any atom is -0.395 e. The molecule has 5 rings (SSSR count). The number of aliphatic hydroxyl groups excluding tert-OH is 1. The number of hydrogen-bond acceptors (Lipinski definition) is 3. The maximum Gasteiger partial charge on any atom is 0.0558 e. The van der Waals surface area contributed by atoms with Crippen molar-refractivity contribution >= 4 is 21.8 Å². The predicted molar refractivity (Wildman–Crippen MR) is 120 cm³/mol. The zero-order valence-corrected chi connectivity index (χ0v) is 17.3. The second-order valence-electron chi connectivity index (χ2n) is 7.92. The first-order valence-corrected chi connectivity index (χ1v) is 10.3. The number of aromatic nitrogens is 2. The van der Waals surface area contributed by atoms with E-state index in [9.17, 15) is 0 Å². The SMILES string of the molecule is CN(CCO)Cc1cccc2cc[nH]c12.CN1CCn2ccc3cccc(c32)C1. The number of aromatic amines is 1. The highest BCUT2D eigenvalue weighted by Crippen LogP contribution is 2.23. The van der Waals surface area contributed by atoms with E-state index < -0.39 is 0 Å². The fourth-order valence-electron chi connectivity index (χ4n) is 4.13. The summed E-state index contributed by atoms with van der Waals surface area (Å²) in [5, 5.41) is 11.5. The Morgan fingerprint density at radius 2 is 1.86 bits per heavy atom. The Balaban J connectivity index is 0.000000141. The lowest BCUT2D eigenvalue weighted by atomic mass is 10.1. The van der Waals surface area contributed by atoms with Gasteiger partial charge >= 0.3 is 0 Å². The molecule has 1 aliphatic heterocycles. The summed E-state index contributed by atoms with van der Waals surface area (Å²) in [7, 11) is 4.20. The summed E-state index contributed by atoms with van der Waals surface area (Å²) in [6, 6.07) is 17.2. The van der Waals surface area contributed by atoms with Crippen LogP contribution in [0, 0.1) is 0 Å².